The molecule has 140 valence electrons. The van der Waals surface area contributed by atoms with Gasteiger partial charge in [-0.1, -0.05) is 42.8 Å². The first-order valence-electron chi connectivity index (χ1n) is 9.44. The lowest BCUT2D eigenvalue weighted by molar-refractivity contribution is -0.162. The van der Waals surface area contributed by atoms with Crippen LogP contribution in [0.4, 0.5) is 5.69 Å². The summed E-state index contributed by atoms with van der Waals surface area (Å²) in [5.41, 5.74) is 6.68. The Labute approximate surface area is 158 Å². The van der Waals surface area contributed by atoms with E-state index in [0.29, 0.717) is 0 Å². The molecule has 0 amide bonds. The number of rotatable bonds is 5. The number of para-hydroxylation sites is 2. The average molecular weight is 364 g/mol. The van der Waals surface area contributed by atoms with Crippen LogP contribution in [-0.4, -0.2) is 28.1 Å². The van der Waals surface area contributed by atoms with Crippen LogP contribution in [0.25, 0.3) is 10.9 Å². The number of fused-ring (bicyclic) bond motifs is 1. The Kier molecular flexibility index (Phi) is 4.81. The lowest BCUT2D eigenvalue weighted by atomic mass is 9.90. The lowest BCUT2D eigenvalue weighted by Crippen LogP contribution is -2.56. The highest BCUT2D eigenvalue weighted by molar-refractivity contribution is 5.79. The number of carbonyl (C=O) groups is 1. The third kappa shape index (κ3) is 3.28. The van der Waals surface area contributed by atoms with Crippen molar-refractivity contribution < 1.29 is 9.53 Å². The Hall–Kier alpha value is -2.86. The standard InChI is InChI=1S/C21H24N4O2/c22-15-20(26)27-21(13-7-2-8-14-21)24(18-10-3-1-4-11-18)25-19-12-6-5-9-17(19)16-23-25/h1,3-6,9-12,16H,2,7-8,13-15,22H2. The smallest absolute Gasteiger partial charge is 0.321 e. The van der Waals surface area contributed by atoms with Crippen LogP contribution in [0.3, 0.4) is 0 Å². The summed E-state index contributed by atoms with van der Waals surface area (Å²) in [5, 5.41) is 7.71. The molecule has 0 radical (unpaired) electrons. The summed E-state index contributed by atoms with van der Waals surface area (Å²) in [6, 6.07) is 18.0. The Morgan fingerprint density at radius 2 is 1.78 bits per heavy atom. The van der Waals surface area contributed by atoms with Crippen LogP contribution in [0, 0.1) is 0 Å². The number of hydrogen-bond donors (Lipinski definition) is 1. The topological polar surface area (TPSA) is 73.4 Å². The summed E-state index contributed by atoms with van der Waals surface area (Å²) in [5.74, 6) is -0.394. The van der Waals surface area contributed by atoms with Crippen molar-refractivity contribution in [2.45, 2.75) is 37.8 Å². The summed E-state index contributed by atoms with van der Waals surface area (Å²) < 4.78 is 6.02. The SMILES string of the molecule is NCC(=O)OC1(N(c2ccccc2)n2ncc3ccccc32)CCCCC1. The molecule has 1 heterocycles. The molecule has 2 aromatic carbocycles. The number of carbonyl (C=O) groups excluding carboxylic acids is 1. The van der Waals surface area contributed by atoms with Crippen LogP contribution in [-0.2, 0) is 9.53 Å². The second kappa shape index (κ2) is 7.40. The first kappa shape index (κ1) is 17.5. The van der Waals surface area contributed by atoms with Crippen LogP contribution >= 0.6 is 0 Å². The minimum Gasteiger partial charge on any atom is -0.436 e. The quantitative estimate of drug-likeness (QED) is 0.554. The Balaban J connectivity index is 1.90. The number of nitrogens with zero attached hydrogens (tertiary/aromatic N) is 3. The van der Waals surface area contributed by atoms with Crippen molar-refractivity contribution in [3.05, 3.63) is 60.8 Å². The van der Waals surface area contributed by atoms with Gasteiger partial charge in [0.15, 0.2) is 0 Å². The molecular weight excluding hydrogens is 340 g/mol. The number of benzene rings is 2. The molecule has 3 aromatic rings. The Morgan fingerprint density at radius 1 is 1.07 bits per heavy atom. The van der Waals surface area contributed by atoms with E-state index in [2.05, 4.69) is 5.10 Å². The van der Waals surface area contributed by atoms with Crippen LogP contribution in [0.1, 0.15) is 32.1 Å². The van der Waals surface area contributed by atoms with Gasteiger partial charge in [-0.15, -0.1) is 0 Å². The van der Waals surface area contributed by atoms with Crippen molar-refractivity contribution in [1.82, 2.24) is 9.89 Å². The average Bonchev–Trinajstić information content (AvgIpc) is 3.13. The van der Waals surface area contributed by atoms with E-state index in [1.54, 1.807) is 0 Å². The molecule has 4 rings (SSSR count). The van der Waals surface area contributed by atoms with Gasteiger partial charge >= 0.3 is 5.97 Å². The van der Waals surface area contributed by atoms with E-state index < -0.39 is 11.7 Å². The van der Waals surface area contributed by atoms with Crippen LogP contribution in [0.5, 0.6) is 0 Å². The molecule has 0 bridgehead atoms. The lowest BCUT2D eigenvalue weighted by Gasteiger charge is -2.45. The second-order valence-electron chi connectivity index (χ2n) is 6.93. The van der Waals surface area contributed by atoms with E-state index >= 15 is 0 Å². The van der Waals surface area contributed by atoms with Crippen molar-refractivity contribution in [2.24, 2.45) is 5.73 Å². The minimum atomic E-state index is -0.801. The highest BCUT2D eigenvalue weighted by Crippen LogP contribution is 2.39. The second-order valence-corrected chi connectivity index (χ2v) is 6.93. The van der Waals surface area contributed by atoms with Crippen LogP contribution in [0.15, 0.2) is 60.8 Å². The number of hydrogen-bond acceptors (Lipinski definition) is 5. The maximum Gasteiger partial charge on any atom is 0.321 e. The van der Waals surface area contributed by atoms with E-state index in [4.69, 9.17) is 10.5 Å². The van der Waals surface area contributed by atoms with Gasteiger partial charge in [0.2, 0.25) is 5.72 Å². The van der Waals surface area contributed by atoms with Crippen molar-refractivity contribution in [3.63, 3.8) is 0 Å². The van der Waals surface area contributed by atoms with Crippen molar-refractivity contribution in [3.8, 4) is 0 Å². The fourth-order valence-corrected chi connectivity index (χ4v) is 3.92. The van der Waals surface area contributed by atoms with Crippen molar-refractivity contribution >= 4 is 22.6 Å². The first-order chi connectivity index (χ1) is 13.2. The zero-order chi connectivity index (χ0) is 18.7. The van der Waals surface area contributed by atoms with Crippen LogP contribution < -0.4 is 10.7 Å². The molecule has 27 heavy (non-hydrogen) atoms. The minimum absolute atomic E-state index is 0.135. The van der Waals surface area contributed by atoms with Gasteiger partial charge in [-0.25, -0.2) is 5.01 Å². The Morgan fingerprint density at radius 3 is 2.52 bits per heavy atom. The molecule has 2 N–H and O–H groups in total. The van der Waals surface area contributed by atoms with Gasteiger partial charge in [0.05, 0.1) is 23.9 Å². The zero-order valence-electron chi connectivity index (χ0n) is 15.3. The van der Waals surface area contributed by atoms with Gasteiger partial charge in [-0.05, 0) is 31.0 Å². The summed E-state index contributed by atoms with van der Waals surface area (Å²) in [6.45, 7) is -0.135. The monoisotopic (exact) mass is 364 g/mol. The zero-order valence-corrected chi connectivity index (χ0v) is 15.3. The highest BCUT2D eigenvalue weighted by Gasteiger charge is 2.44. The third-order valence-corrected chi connectivity index (χ3v) is 5.14. The molecule has 0 unspecified atom stereocenters. The fourth-order valence-electron chi connectivity index (χ4n) is 3.92. The predicted octanol–water partition coefficient (Wildman–Crippen LogP) is 3.47. The number of esters is 1. The molecule has 0 saturated heterocycles. The van der Waals surface area contributed by atoms with Gasteiger partial charge in [0.1, 0.15) is 0 Å². The van der Waals surface area contributed by atoms with Gasteiger partial charge in [0.25, 0.3) is 0 Å². The summed E-state index contributed by atoms with van der Waals surface area (Å²) in [7, 11) is 0. The molecule has 6 heteroatoms. The molecular formula is C21H24N4O2. The van der Waals surface area contributed by atoms with Crippen molar-refractivity contribution in [1.29, 1.82) is 0 Å². The first-order valence-corrected chi connectivity index (χ1v) is 9.44. The molecule has 1 aromatic heterocycles. The molecule has 0 aliphatic heterocycles. The van der Waals surface area contributed by atoms with Gasteiger partial charge in [0, 0.05) is 18.2 Å². The largest absolute Gasteiger partial charge is 0.436 e. The molecule has 1 saturated carbocycles. The molecule has 1 aliphatic carbocycles. The number of ether oxygens (including phenoxy) is 1. The van der Waals surface area contributed by atoms with E-state index in [1.165, 1.54) is 0 Å². The predicted molar refractivity (Wildman–Crippen MR) is 105 cm³/mol. The fraction of sp³-hybridized carbons (Fsp3) is 0.333. The van der Waals surface area contributed by atoms with Gasteiger partial charge in [-0.3, -0.25) is 4.79 Å². The van der Waals surface area contributed by atoms with E-state index in [9.17, 15) is 4.79 Å². The van der Waals surface area contributed by atoms with E-state index in [1.807, 2.05) is 70.6 Å². The highest BCUT2D eigenvalue weighted by atomic mass is 16.6. The molecule has 1 fully saturated rings. The number of nitrogens with two attached hydrogens (primary N) is 1. The summed E-state index contributed by atoms with van der Waals surface area (Å²) >= 11 is 0. The van der Waals surface area contributed by atoms with Crippen LogP contribution in [0.2, 0.25) is 0 Å². The molecule has 0 atom stereocenters. The van der Waals surface area contributed by atoms with Gasteiger partial charge in [-0.2, -0.15) is 9.89 Å². The Bertz CT molecular complexity index is 916. The van der Waals surface area contributed by atoms with Gasteiger partial charge < -0.3 is 10.5 Å². The number of aromatic nitrogens is 2. The normalized spacial score (nSPS) is 16.2. The molecule has 6 nitrogen and oxygen atoms in total. The van der Waals surface area contributed by atoms with E-state index in [0.717, 1.165) is 48.7 Å². The maximum absolute atomic E-state index is 12.3. The number of anilines is 1. The third-order valence-electron chi connectivity index (χ3n) is 5.14. The summed E-state index contributed by atoms with van der Waals surface area (Å²) in [6.07, 6.45) is 6.42. The summed E-state index contributed by atoms with van der Waals surface area (Å²) in [4.78, 5) is 14.1. The van der Waals surface area contributed by atoms with E-state index in [-0.39, 0.29) is 6.54 Å². The van der Waals surface area contributed by atoms with Crippen molar-refractivity contribution in [2.75, 3.05) is 11.6 Å². The molecule has 1 aliphatic rings. The maximum atomic E-state index is 12.3. The molecule has 0 spiro atoms.